The van der Waals surface area contributed by atoms with Crippen molar-refractivity contribution in [3.05, 3.63) is 51.4 Å². The summed E-state index contributed by atoms with van der Waals surface area (Å²) >= 11 is 3.67. The Labute approximate surface area is 176 Å². The minimum Gasteiger partial charge on any atom is -0.325 e. The highest BCUT2D eigenvalue weighted by molar-refractivity contribution is 14.1. The van der Waals surface area contributed by atoms with Gasteiger partial charge in [-0.3, -0.25) is 9.78 Å². The standard InChI is InChI=1S/C19H20IN5OS/c1-4-25-18(14-5-7-21-8-6-14)23-24-19(25)27-11-16(26)22-17-12(2)9-15(20)10-13(17)3/h5-10H,4,11H2,1-3H3,(H,22,26). The van der Waals surface area contributed by atoms with Crippen LogP contribution in [0.4, 0.5) is 5.69 Å². The van der Waals surface area contributed by atoms with E-state index < -0.39 is 0 Å². The van der Waals surface area contributed by atoms with Crippen LogP contribution in [0.25, 0.3) is 11.4 Å². The molecule has 2 aromatic heterocycles. The number of benzene rings is 1. The maximum atomic E-state index is 12.5. The van der Waals surface area contributed by atoms with E-state index in [1.54, 1.807) is 12.4 Å². The van der Waals surface area contributed by atoms with Gasteiger partial charge in [0.05, 0.1) is 5.75 Å². The minimum absolute atomic E-state index is 0.0523. The Hall–Kier alpha value is -1.94. The van der Waals surface area contributed by atoms with Crippen molar-refractivity contribution in [3.63, 3.8) is 0 Å². The summed E-state index contributed by atoms with van der Waals surface area (Å²) in [5.41, 5.74) is 3.97. The van der Waals surface area contributed by atoms with E-state index in [2.05, 4.69) is 55.2 Å². The molecule has 0 aliphatic heterocycles. The summed E-state index contributed by atoms with van der Waals surface area (Å²) in [6.45, 7) is 6.78. The predicted octanol–water partition coefficient (Wildman–Crippen LogP) is 4.31. The lowest BCUT2D eigenvalue weighted by Crippen LogP contribution is -2.16. The number of carbonyl (C=O) groups excluding carboxylic acids is 1. The zero-order valence-electron chi connectivity index (χ0n) is 15.4. The summed E-state index contributed by atoms with van der Waals surface area (Å²) in [4.78, 5) is 16.5. The highest BCUT2D eigenvalue weighted by Crippen LogP contribution is 2.25. The van der Waals surface area contributed by atoms with Crippen LogP contribution >= 0.6 is 34.4 Å². The first-order valence-electron chi connectivity index (χ1n) is 8.52. The number of carbonyl (C=O) groups is 1. The normalized spacial score (nSPS) is 10.8. The van der Waals surface area contributed by atoms with Crippen molar-refractivity contribution in [3.8, 4) is 11.4 Å². The molecule has 8 heteroatoms. The molecule has 0 atom stereocenters. The largest absolute Gasteiger partial charge is 0.325 e. The molecule has 0 saturated carbocycles. The average Bonchev–Trinajstić information content (AvgIpc) is 3.06. The predicted molar refractivity (Wildman–Crippen MR) is 117 cm³/mol. The lowest BCUT2D eigenvalue weighted by atomic mass is 10.1. The van der Waals surface area contributed by atoms with Crippen LogP contribution in [-0.2, 0) is 11.3 Å². The molecule has 3 aromatic rings. The van der Waals surface area contributed by atoms with Crippen molar-refractivity contribution in [2.24, 2.45) is 0 Å². The molecule has 1 N–H and O–H groups in total. The number of aromatic nitrogens is 4. The Bertz CT molecular complexity index is 935. The van der Waals surface area contributed by atoms with Gasteiger partial charge in [0.25, 0.3) is 0 Å². The molecule has 3 rings (SSSR count). The van der Waals surface area contributed by atoms with Crippen molar-refractivity contribution in [2.45, 2.75) is 32.5 Å². The van der Waals surface area contributed by atoms with Gasteiger partial charge in [0.15, 0.2) is 11.0 Å². The number of amides is 1. The molecule has 6 nitrogen and oxygen atoms in total. The molecule has 140 valence electrons. The molecule has 1 amide bonds. The molecule has 27 heavy (non-hydrogen) atoms. The van der Waals surface area contributed by atoms with E-state index in [4.69, 9.17) is 0 Å². The quantitative estimate of drug-likeness (QED) is 0.409. The first kappa shape index (κ1) is 19.8. The van der Waals surface area contributed by atoms with Gasteiger partial charge < -0.3 is 9.88 Å². The Balaban J connectivity index is 1.70. The number of hydrogen-bond acceptors (Lipinski definition) is 5. The summed E-state index contributed by atoms with van der Waals surface area (Å²) in [6.07, 6.45) is 3.46. The van der Waals surface area contributed by atoms with E-state index in [1.165, 1.54) is 11.8 Å². The van der Waals surface area contributed by atoms with E-state index in [9.17, 15) is 4.79 Å². The van der Waals surface area contributed by atoms with Gasteiger partial charge in [-0.25, -0.2) is 0 Å². The van der Waals surface area contributed by atoms with Crippen molar-refractivity contribution >= 4 is 45.9 Å². The maximum absolute atomic E-state index is 12.5. The molecule has 0 bridgehead atoms. The summed E-state index contributed by atoms with van der Waals surface area (Å²) in [6, 6.07) is 7.93. The van der Waals surface area contributed by atoms with E-state index in [0.717, 1.165) is 43.5 Å². The minimum atomic E-state index is -0.0523. The smallest absolute Gasteiger partial charge is 0.234 e. The molecular formula is C19H20IN5OS. The number of nitrogens with zero attached hydrogens (tertiary/aromatic N) is 4. The Morgan fingerprint density at radius 3 is 2.48 bits per heavy atom. The Morgan fingerprint density at radius 2 is 1.85 bits per heavy atom. The Kier molecular flexibility index (Phi) is 6.48. The van der Waals surface area contributed by atoms with Crippen LogP contribution in [-0.4, -0.2) is 31.4 Å². The average molecular weight is 493 g/mol. The van der Waals surface area contributed by atoms with Gasteiger partial charge in [-0.15, -0.1) is 10.2 Å². The van der Waals surface area contributed by atoms with Crippen molar-refractivity contribution in [2.75, 3.05) is 11.1 Å². The summed E-state index contributed by atoms with van der Waals surface area (Å²) in [5.74, 6) is 1.01. The summed E-state index contributed by atoms with van der Waals surface area (Å²) < 4.78 is 3.17. The molecule has 0 fully saturated rings. The van der Waals surface area contributed by atoms with Gasteiger partial charge in [-0.1, -0.05) is 11.8 Å². The number of nitrogens with one attached hydrogen (secondary N) is 1. The number of aryl methyl sites for hydroxylation is 2. The summed E-state index contributed by atoms with van der Waals surface area (Å²) in [7, 11) is 0. The van der Waals surface area contributed by atoms with E-state index >= 15 is 0 Å². The van der Waals surface area contributed by atoms with Gasteiger partial charge in [0, 0.05) is 33.8 Å². The van der Waals surface area contributed by atoms with E-state index in [-0.39, 0.29) is 11.7 Å². The second-order valence-corrected chi connectivity index (χ2v) is 8.23. The lowest BCUT2D eigenvalue weighted by Gasteiger charge is -2.12. The third kappa shape index (κ3) is 4.67. The number of hydrogen-bond donors (Lipinski definition) is 1. The van der Waals surface area contributed by atoms with Crippen LogP contribution in [0.15, 0.2) is 41.8 Å². The second-order valence-electron chi connectivity index (χ2n) is 6.04. The Morgan fingerprint density at radius 1 is 1.19 bits per heavy atom. The SMILES string of the molecule is CCn1c(SCC(=O)Nc2c(C)cc(I)cc2C)nnc1-c1ccncc1. The van der Waals surface area contributed by atoms with Gasteiger partial charge >= 0.3 is 0 Å². The van der Waals surface area contributed by atoms with E-state index in [0.29, 0.717) is 0 Å². The number of anilines is 1. The molecule has 0 radical (unpaired) electrons. The van der Waals surface area contributed by atoms with Crippen LogP contribution in [0.5, 0.6) is 0 Å². The van der Waals surface area contributed by atoms with Crippen molar-refractivity contribution in [1.29, 1.82) is 0 Å². The fourth-order valence-electron chi connectivity index (χ4n) is 2.81. The van der Waals surface area contributed by atoms with Gasteiger partial charge in [0.2, 0.25) is 5.91 Å². The molecule has 0 saturated heterocycles. The van der Waals surface area contributed by atoms with Crippen molar-refractivity contribution < 1.29 is 4.79 Å². The zero-order chi connectivity index (χ0) is 19.4. The lowest BCUT2D eigenvalue weighted by molar-refractivity contribution is -0.113. The first-order chi connectivity index (χ1) is 13.0. The zero-order valence-corrected chi connectivity index (χ0v) is 18.3. The molecule has 2 heterocycles. The molecule has 1 aromatic carbocycles. The maximum Gasteiger partial charge on any atom is 0.234 e. The highest BCUT2D eigenvalue weighted by Gasteiger charge is 2.15. The molecular weight excluding hydrogens is 473 g/mol. The molecule has 0 aliphatic rings. The topological polar surface area (TPSA) is 72.7 Å². The van der Waals surface area contributed by atoms with Crippen molar-refractivity contribution in [1.82, 2.24) is 19.7 Å². The number of pyridine rings is 1. The molecule has 0 aliphatic carbocycles. The van der Waals surface area contributed by atoms with Gasteiger partial charge in [-0.2, -0.15) is 0 Å². The second kappa shape index (κ2) is 8.83. The van der Waals surface area contributed by atoms with Crippen LogP contribution in [0.2, 0.25) is 0 Å². The third-order valence-corrected chi connectivity index (χ3v) is 5.66. The fraction of sp³-hybridized carbons (Fsp3) is 0.263. The number of halogens is 1. The third-order valence-electron chi connectivity index (χ3n) is 4.07. The van der Waals surface area contributed by atoms with E-state index in [1.807, 2.05) is 37.5 Å². The molecule has 0 unspecified atom stereocenters. The number of rotatable bonds is 6. The monoisotopic (exact) mass is 493 g/mol. The van der Waals surface area contributed by atoms with Crippen LogP contribution in [0.3, 0.4) is 0 Å². The van der Waals surface area contributed by atoms with Gasteiger partial charge in [0.1, 0.15) is 0 Å². The van der Waals surface area contributed by atoms with Crippen LogP contribution < -0.4 is 5.32 Å². The van der Waals surface area contributed by atoms with Gasteiger partial charge in [-0.05, 0) is 78.8 Å². The number of thioether (sulfide) groups is 1. The first-order valence-corrected chi connectivity index (χ1v) is 10.6. The fourth-order valence-corrected chi connectivity index (χ4v) is 4.55. The highest BCUT2D eigenvalue weighted by atomic mass is 127. The molecule has 0 spiro atoms. The van der Waals surface area contributed by atoms with Crippen LogP contribution in [0.1, 0.15) is 18.1 Å². The summed E-state index contributed by atoms with van der Waals surface area (Å²) in [5, 5.41) is 12.3. The van der Waals surface area contributed by atoms with Crippen LogP contribution in [0, 0.1) is 17.4 Å².